The van der Waals surface area contributed by atoms with Crippen LogP contribution in [0.25, 0.3) is 0 Å². The highest BCUT2D eigenvalue weighted by molar-refractivity contribution is 5.64. The molecule has 22 heavy (non-hydrogen) atoms. The molecule has 0 bridgehead atoms. The number of ether oxygens (including phenoxy) is 1. The highest BCUT2D eigenvalue weighted by Gasteiger charge is 2.08. The van der Waals surface area contributed by atoms with Crippen LogP contribution in [0.2, 0.25) is 0 Å². The Bertz CT molecular complexity index is 257. The van der Waals surface area contributed by atoms with E-state index < -0.39 is 6.09 Å². The molecule has 8 nitrogen and oxygen atoms in total. The average molecular weight is 321 g/mol. The van der Waals surface area contributed by atoms with Gasteiger partial charge in [0, 0.05) is 6.54 Å². The number of nitrogens with one attached hydrogen (secondary N) is 2. The summed E-state index contributed by atoms with van der Waals surface area (Å²) in [5.74, 6) is 0. The van der Waals surface area contributed by atoms with E-state index in [0.717, 1.165) is 32.4 Å². The predicted octanol–water partition coefficient (Wildman–Crippen LogP) is 1.76. The lowest BCUT2D eigenvalue weighted by atomic mass is 10.1. The molecule has 132 valence electrons. The van der Waals surface area contributed by atoms with Crippen LogP contribution in [0.15, 0.2) is 0 Å². The van der Waals surface area contributed by atoms with Gasteiger partial charge in [-0.25, -0.2) is 10.1 Å². The third-order valence-corrected chi connectivity index (χ3v) is 3.28. The maximum atomic E-state index is 10.6. The van der Waals surface area contributed by atoms with Crippen molar-refractivity contribution in [3.63, 3.8) is 0 Å². The van der Waals surface area contributed by atoms with Gasteiger partial charge in [0.05, 0.1) is 0 Å². The van der Waals surface area contributed by atoms with Crippen molar-refractivity contribution < 1.29 is 24.7 Å². The minimum absolute atomic E-state index is 0.134. The SMILES string of the molecule is CCC(CNCCCCCCCCNCOOO)OC(N)=O. The first-order valence-electron chi connectivity index (χ1n) is 8.01. The molecule has 0 aromatic heterocycles. The maximum absolute atomic E-state index is 10.6. The summed E-state index contributed by atoms with van der Waals surface area (Å²) >= 11 is 0. The third-order valence-electron chi connectivity index (χ3n) is 3.28. The molecule has 0 spiro atoms. The van der Waals surface area contributed by atoms with Crippen LogP contribution in [0.4, 0.5) is 4.79 Å². The van der Waals surface area contributed by atoms with E-state index >= 15 is 0 Å². The Balaban J connectivity index is 3.18. The van der Waals surface area contributed by atoms with Gasteiger partial charge in [0.15, 0.2) is 0 Å². The van der Waals surface area contributed by atoms with Crippen molar-refractivity contribution in [2.45, 2.75) is 58.0 Å². The first-order chi connectivity index (χ1) is 10.7. The fourth-order valence-corrected chi connectivity index (χ4v) is 2.04. The van der Waals surface area contributed by atoms with Gasteiger partial charge in [-0.1, -0.05) is 37.6 Å². The Morgan fingerprint density at radius 2 is 1.68 bits per heavy atom. The van der Waals surface area contributed by atoms with E-state index in [2.05, 4.69) is 20.6 Å². The van der Waals surface area contributed by atoms with E-state index in [4.69, 9.17) is 15.7 Å². The van der Waals surface area contributed by atoms with Crippen molar-refractivity contribution in [3.05, 3.63) is 0 Å². The van der Waals surface area contributed by atoms with Gasteiger partial charge < -0.3 is 15.8 Å². The van der Waals surface area contributed by atoms with Crippen LogP contribution in [-0.2, 0) is 14.7 Å². The molecule has 1 amide bonds. The van der Waals surface area contributed by atoms with Gasteiger partial charge in [-0.05, 0) is 32.4 Å². The number of carbonyl (C=O) groups is 1. The smallest absolute Gasteiger partial charge is 0.404 e. The topological polar surface area (TPSA) is 115 Å². The Hall–Kier alpha value is -0.930. The summed E-state index contributed by atoms with van der Waals surface area (Å²) < 4.78 is 4.95. The highest BCUT2D eigenvalue weighted by Crippen LogP contribution is 2.04. The molecule has 1 atom stereocenters. The molecule has 8 heteroatoms. The zero-order chi connectivity index (χ0) is 16.5. The Labute approximate surface area is 132 Å². The number of unbranched alkanes of at least 4 members (excludes halogenated alkanes) is 5. The van der Waals surface area contributed by atoms with Gasteiger partial charge >= 0.3 is 6.09 Å². The molecule has 0 aromatic rings. The van der Waals surface area contributed by atoms with E-state index in [-0.39, 0.29) is 12.8 Å². The fourth-order valence-electron chi connectivity index (χ4n) is 2.04. The minimum atomic E-state index is -0.710. The monoisotopic (exact) mass is 321 g/mol. The molecule has 1 unspecified atom stereocenters. The van der Waals surface area contributed by atoms with E-state index in [1.54, 1.807) is 0 Å². The lowest BCUT2D eigenvalue weighted by Gasteiger charge is -2.15. The average Bonchev–Trinajstić information content (AvgIpc) is 2.50. The van der Waals surface area contributed by atoms with Gasteiger partial charge in [-0.3, -0.25) is 5.32 Å². The number of hydrogen-bond donors (Lipinski definition) is 4. The summed E-state index contributed by atoms with van der Waals surface area (Å²) in [6, 6.07) is 0. The van der Waals surface area contributed by atoms with Crippen molar-refractivity contribution >= 4 is 6.09 Å². The molecule has 0 radical (unpaired) electrons. The molecule has 0 fully saturated rings. The van der Waals surface area contributed by atoms with E-state index in [1.165, 1.54) is 25.7 Å². The first kappa shape index (κ1) is 21.1. The minimum Gasteiger partial charge on any atom is -0.445 e. The molecular weight excluding hydrogens is 290 g/mol. The number of primary amides is 1. The number of carbonyl (C=O) groups excluding carboxylic acids is 1. The third kappa shape index (κ3) is 15.5. The second kappa shape index (κ2) is 16.4. The molecule has 0 aliphatic carbocycles. The standard InChI is InChI=1S/C14H31N3O5/c1-2-13(21-14(15)18)11-16-9-7-5-3-4-6-8-10-17-12-20-22-19/h13,16-17,19H,2-12H2,1H3,(H2,15,18). The van der Waals surface area contributed by atoms with Gasteiger partial charge in [-0.2, -0.15) is 4.89 Å². The van der Waals surface area contributed by atoms with Crippen LogP contribution < -0.4 is 16.4 Å². The summed E-state index contributed by atoms with van der Waals surface area (Å²) in [5.41, 5.74) is 5.00. The van der Waals surface area contributed by atoms with Crippen molar-refractivity contribution in [3.8, 4) is 0 Å². The molecule has 0 aliphatic rings. The Kier molecular flexibility index (Phi) is 15.7. The summed E-state index contributed by atoms with van der Waals surface area (Å²) in [6.45, 7) is 4.60. The quantitative estimate of drug-likeness (QED) is 0.148. The normalized spacial score (nSPS) is 12.3. The largest absolute Gasteiger partial charge is 0.445 e. The molecule has 0 heterocycles. The number of hydrogen-bond acceptors (Lipinski definition) is 7. The van der Waals surface area contributed by atoms with Crippen LogP contribution in [0.1, 0.15) is 51.9 Å². The van der Waals surface area contributed by atoms with Gasteiger partial charge in [0.1, 0.15) is 12.8 Å². The van der Waals surface area contributed by atoms with Crippen LogP contribution in [0, 0.1) is 0 Å². The maximum Gasteiger partial charge on any atom is 0.404 e. The van der Waals surface area contributed by atoms with Gasteiger partial charge in [0.25, 0.3) is 0 Å². The predicted molar refractivity (Wildman–Crippen MR) is 83.0 cm³/mol. The number of nitrogens with two attached hydrogens (primary N) is 1. The van der Waals surface area contributed by atoms with Crippen LogP contribution >= 0.6 is 0 Å². The van der Waals surface area contributed by atoms with Crippen molar-refractivity contribution in [1.29, 1.82) is 0 Å². The zero-order valence-electron chi connectivity index (χ0n) is 13.5. The lowest BCUT2D eigenvalue weighted by molar-refractivity contribution is -0.492. The van der Waals surface area contributed by atoms with Gasteiger partial charge in [-0.15, -0.1) is 0 Å². The second-order valence-electron chi connectivity index (χ2n) is 5.13. The summed E-state index contributed by atoms with van der Waals surface area (Å²) in [5, 5.41) is 17.6. The zero-order valence-corrected chi connectivity index (χ0v) is 13.5. The molecule has 5 N–H and O–H groups in total. The summed E-state index contributed by atoms with van der Waals surface area (Å²) in [4.78, 5) is 14.9. The van der Waals surface area contributed by atoms with Crippen LogP contribution in [0.5, 0.6) is 0 Å². The summed E-state index contributed by atoms with van der Waals surface area (Å²) in [7, 11) is 0. The molecule has 0 rings (SSSR count). The van der Waals surface area contributed by atoms with E-state index in [1.807, 2.05) is 6.92 Å². The van der Waals surface area contributed by atoms with Gasteiger partial charge in [0.2, 0.25) is 0 Å². The fraction of sp³-hybridized carbons (Fsp3) is 0.929. The molecule has 0 aliphatic heterocycles. The molecule has 0 saturated heterocycles. The van der Waals surface area contributed by atoms with E-state index in [0.29, 0.717) is 6.54 Å². The number of rotatable bonds is 16. The van der Waals surface area contributed by atoms with Crippen LogP contribution in [0.3, 0.4) is 0 Å². The first-order valence-corrected chi connectivity index (χ1v) is 8.01. The Morgan fingerprint density at radius 3 is 2.23 bits per heavy atom. The molecular formula is C14H31N3O5. The number of amides is 1. The summed E-state index contributed by atoms with van der Waals surface area (Å²) in [6.07, 6.45) is 6.90. The van der Waals surface area contributed by atoms with Crippen molar-refractivity contribution in [2.75, 3.05) is 26.4 Å². The highest BCUT2D eigenvalue weighted by atomic mass is 17.5. The van der Waals surface area contributed by atoms with Crippen molar-refractivity contribution in [1.82, 2.24) is 10.6 Å². The second-order valence-corrected chi connectivity index (χ2v) is 5.13. The van der Waals surface area contributed by atoms with E-state index in [9.17, 15) is 4.79 Å². The van der Waals surface area contributed by atoms with Crippen molar-refractivity contribution in [2.24, 2.45) is 5.73 Å². The molecule has 0 saturated carbocycles. The molecule has 0 aromatic carbocycles. The van der Waals surface area contributed by atoms with Crippen LogP contribution in [-0.4, -0.2) is 43.8 Å². The lowest BCUT2D eigenvalue weighted by Crippen LogP contribution is -2.32. The Morgan fingerprint density at radius 1 is 1.09 bits per heavy atom.